The third kappa shape index (κ3) is 3.31. The molecule has 2 N–H and O–H groups in total. The molecule has 1 aromatic rings. The highest BCUT2D eigenvalue weighted by atomic mass is 16.3. The molecule has 0 radical (unpaired) electrons. The first-order valence-electron chi connectivity index (χ1n) is 7.23. The van der Waals surface area contributed by atoms with Gasteiger partial charge >= 0.3 is 0 Å². The molecule has 5 nitrogen and oxygen atoms in total. The Morgan fingerprint density at radius 2 is 1.52 bits per heavy atom. The van der Waals surface area contributed by atoms with Gasteiger partial charge < -0.3 is 10.2 Å². The summed E-state index contributed by atoms with van der Waals surface area (Å²) < 4.78 is 0. The molecule has 0 spiro atoms. The number of imide groups is 1. The Bertz CT molecular complexity index is 506. The second-order valence-electron chi connectivity index (χ2n) is 5.81. The molecule has 5 heteroatoms. The molecule has 1 aliphatic rings. The van der Waals surface area contributed by atoms with Crippen LogP contribution in [0.5, 0.6) is 0 Å². The van der Waals surface area contributed by atoms with Gasteiger partial charge in [0.15, 0.2) is 0 Å². The lowest BCUT2D eigenvalue weighted by Gasteiger charge is -2.20. The van der Waals surface area contributed by atoms with Crippen molar-refractivity contribution >= 4 is 11.8 Å². The minimum atomic E-state index is -0.819. The average Bonchev–Trinajstić information content (AvgIpc) is 2.70. The van der Waals surface area contributed by atoms with Crippen LogP contribution in [0.1, 0.15) is 47.4 Å². The highest BCUT2D eigenvalue weighted by Crippen LogP contribution is 2.23. The van der Waals surface area contributed by atoms with Crippen LogP contribution in [0.2, 0.25) is 0 Å². The SMILES string of the molecule is CC(C)C(O)CCC(O)CN1C(=O)c2ccccc2C1=O. The summed E-state index contributed by atoms with van der Waals surface area (Å²) in [7, 11) is 0. The zero-order valence-corrected chi connectivity index (χ0v) is 12.3. The molecule has 0 aliphatic carbocycles. The fourth-order valence-electron chi connectivity index (χ4n) is 2.40. The van der Waals surface area contributed by atoms with Gasteiger partial charge in [-0.05, 0) is 30.9 Å². The first-order valence-corrected chi connectivity index (χ1v) is 7.23. The highest BCUT2D eigenvalue weighted by Gasteiger charge is 2.36. The van der Waals surface area contributed by atoms with E-state index in [0.717, 1.165) is 4.90 Å². The van der Waals surface area contributed by atoms with E-state index in [1.165, 1.54) is 0 Å². The molecule has 1 heterocycles. The van der Waals surface area contributed by atoms with Gasteiger partial charge in [-0.1, -0.05) is 26.0 Å². The van der Waals surface area contributed by atoms with E-state index in [-0.39, 0.29) is 24.3 Å². The third-order valence-corrected chi connectivity index (χ3v) is 3.84. The van der Waals surface area contributed by atoms with Gasteiger partial charge in [0.25, 0.3) is 11.8 Å². The van der Waals surface area contributed by atoms with Crippen LogP contribution in [-0.2, 0) is 0 Å². The number of nitrogens with zero attached hydrogens (tertiary/aromatic N) is 1. The summed E-state index contributed by atoms with van der Waals surface area (Å²) in [6, 6.07) is 6.65. The van der Waals surface area contributed by atoms with E-state index in [4.69, 9.17) is 0 Å². The van der Waals surface area contributed by atoms with Gasteiger partial charge in [-0.25, -0.2) is 0 Å². The summed E-state index contributed by atoms with van der Waals surface area (Å²) in [6.07, 6.45) is -0.503. The number of hydrogen-bond acceptors (Lipinski definition) is 4. The minimum absolute atomic E-state index is 0.0306. The first-order chi connectivity index (χ1) is 9.91. The van der Waals surface area contributed by atoms with Crippen molar-refractivity contribution in [1.82, 2.24) is 4.90 Å². The second-order valence-corrected chi connectivity index (χ2v) is 5.81. The molecule has 0 aromatic heterocycles. The number of carbonyl (C=O) groups excluding carboxylic acids is 2. The molecule has 0 bridgehead atoms. The Balaban J connectivity index is 1.95. The number of rotatable bonds is 6. The molecular weight excluding hydrogens is 270 g/mol. The normalized spacial score (nSPS) is 17.3. The van der Waals surface area contributed by atoms with Crippen LogP contribution in [0, 0.1) is 5.92 Å². The number of carbonyl (C=O) groups is 2. The molecule has 2 amide bonds. The number of fused-ring (bicyclic) bond motifs is 1. The summed E-state index contributed by atoms with van der Waals surface area (Å²) >= 11 is 0. The van der Waals surface area contributed by atoms with Crippen molar-refractivity contribution in [3.63, 3.8) is 0 Å². The number of benzene rings is 1. The summed E-state index contributed by atoms with van der Waals surface area (Å²) in [5.74, 6) is -0.602. The fourth-order valence-corrected chi connectivity index (χ4v) is 2.40. The predicted octanol–water partition coefficient (Wildman–Crippen LogP) is 1.44. The van der Waals surface area contributed by atoms with E-state index in [9.17, 15) is 19.8 Å². The van der Waals surface area contributed by atoms with Crippen molar-refractivity contribution in [3.05, 3.63) is 35.4 Å². The molecule has 2 unspecified atom stereocenters. The van der Waals surface area contributed by atoms with Crippen LogP contribution in [-0.4, -0.2) is 45.7 Å². The smallest absolute Gasteiger partial charge is 0.261 e. The zero-order valence-electron chi connectivity index (χ0n) is 12.3. The van der Waals surface area contributed by atoms with Crippen LogP contribution in [0.3, 0.4) is 0 Å². The maximum Gasteiger partial charge on any atom is 0.261 e. The average molecular weight is 291 g/mol. The largest absolute Gasteiger partial charge is 0.393 e. The predicted molar refractivity (Wildman–Crippen MR) is 77.9 cm³/mol. The molecule has 1 aromatic carbocycles. The van der Waals surface area contributed by atoms with E-state index >= 15 is 0 Å². The first kappa shape index (κ1) is 15.7. The van der Waals surface area contributed by atoms with Crippen molar-refractivity contribution in [2.75, 3.05) is 6.54 Å². The summed E-state index contributed by atoms with van der Waals surface area (Å²) in [6.45, 7) is 3.78. The lowest BCUT2D eigenvalue weighted by molar-refractivity contribution is 0.0475. The lowest BCUT2D eigenvalue weighted by atomic mass is 10.0. The summed E-state index contributed by atoms with van der Waals surface area (Å²) in [5.41, 5.74) is 0.772. The second kappa shape index (κ2) is 6.37. The topological polar surface area (TPSA) is 77.8 Å². The quantitative estimate of drug-likeness (QED) is 0.777. The minimum Gasteiger partial charge on any atom is -0.393 e. The van der Waals surface area contributed by atoms with Crippen LogP contribution in [0.15, 0.2) is 24.3 Å². The van der Waals surface area contributed by atoms with Crippen LogP contribution < -0.4 is 0 Å². The van der Waals surface area contributed by atoms with Crippen LogP contribution >= 0.6 is 0 Å². The number of β-amino-alcohol motifs (C(OH)–C–C–N with tert-alkyl or cyclic N) is 1. The Kier molecular flexibility index (Phi) is 4.75. The molecule has 2 rings (SSSR count). The number of amides is 2. The monoisotopic (exact) mass is 291 g/mol. The zero-order chi connectivity index (χ0) is 15.6. The van der Waals surface area contributed by atoms with E-state index in [1.54, 1.807) is 24.3 Å². The maximum absolute atomic E-state index is 12.1. The molecule has 1 aliphatic heterocycles. The molecule has 114 valence electrons. The highest BCUT2D eigenvalue weighted by molar-refractivity contribution is 6.21. The summed E-state index contributed by atoms with van der Waals surface area (Å²) in [4.78, 5) is 25.3. The van der Waals surface area contributed by atoms with E-state index < -0.39 is 12.2 Å². The van der Waals surface area contributed by atoms with Crippen molar-refractivity contribution < 1.29 is 19.8 Å². The number of hydrogen-bond donors (Lipinski definition) is 2. The van der Waals surface area contributed by atoms with Gasteiger partial charge in [-0.3, -0.25) is 14.5 Å². The number of aliphatic hydroxyl groups is 2. The molecule has 21 heavy (non-hydrogen) atoms. The molecule has 0 fully saturated rings. The van der Waals surface area contributed by atoms with E-state index in [1.807, 2.05) is 13.8 Å². The Hall–Kier alpha value is -1.72. The molecule has 2 atom stereocenters. The van der Waals surface area contributed by atoms with Gasteiger partial charge in [-0.2, -0.15) is 0 Å². The molecule has 0 saturated heterocycles. The van der Waals surface area contributed by atoms with Crippen molar-refractivity contribution in [1.29, 1.82) is 0 Å². The van der Waals surface area contributed by atoms with Gasteiger partial charge in [0.05, 0.1) is 29.9 Å². The van der Waals surface area contributed by atoms with Crippen molar-refractivity contribution in [2.24, 2.45) is 5.92 Å². The van der Waals surface area contributed by atoms with Gasteiger partial charge in [0, 0.05) is 0 Å². The Morgan fingerprint density at radius 1 is 1.00 bits per heavy atom. The van der Waals surface area contributed by atoms with E-state index in [2.05, 4.69) is 0 Å². The van der Waals surface area contributed by atoms with Crippen molar-refractivity contribution in [3.8, 4) is 0 Å². The third-order valence-electron chi connectivity index (χ3n) is 3.84. The summed E-state index contributed by atoms with van der Waals surface area (Å²) in [5, 5.41) is 19.7. The van der Waals surface area contributed by atoms with Gasteiger partial charge in [0.1, 0.15) is 0 Å². The number of aliphatic hydroxyl groups excluding tert-OH is 2. The van der Waals surface area contributed by atoms with Crippen LogP contribution in [0.25, 0.3) is 0 Å². The van der Waals surface area contributed by atoms with Crippen LogP contribution in [0.4, 0.5) is 0 Å². The molecular formula is C16H21NO4. The fraction of sp³-hybridized carbons (Fsp3) is 0.500. The van der Waals surface area contributed by atoms with Crippen molar-refractivity contribution in [2.45, 2.75) is 38.9 Å². The lowest BCUT2D eigenvalue weighted by Crippen LogP contribution is -2.37. The van der Waals surface area contributed by atoms with E-state index in [0.29, 0.717) is 24.0 Å². The Labute approximate surface area is 124 Å². The standard InChI is InChI=1S/C16H21NO4/c1-10(2)14(19)8-7-11(18)9-17-15(20)12-5-3-4-6-13(12)16(17)21/h3-6,10-11,14,18-19H,7-9H2,1-2H3. The maximum atomic E-state index is 12.1. The van der Waals surface area contributed by atoms with Gasteiger partial charge in [-0.15, -0.1) is 0 Å². The Morgan fingerprint density at radius 3 is 2.00 bits per heavy atom. The molecule has 0 saturated carbocycles. The van der Waals surface area contributed by atoms with Gasteiger partial charge in [0.2, 0.25) is 0 Å².